The molecule has 0 spiro atoms. The molecule has 5 heteroatoms. The summed E-state index contributed by atoms with van der Waals surface area (Å²) in [5, 5.41) is 3.31. The van der Waals surface area contributed by atoms with Crippen molar-refractivity contribution in [1.29, 1.82) is 0 Å². The Hall–Kier alpha value is -2.68. The molecule has 22 heavy (non-hydrogen) atoms. The minimum absolute atomic E-state index is 0.189. The standard InChI is InChI=1S/C17H13ClN2O2/c1-12(22)20-16-9-6-14(17(10-16)19-11-21)5-2-13-3-7-15(18)8-4-13/h2-10H,1H3,(H,20,22). The zero-order valence-electron chi connectivity index (χ0n) is 11.8. The summed E-state index contributed by atoms with van der Waals surface area (Å²) >= 11 is 5.84. The number of nitrogens with one attached hydrogen (secondary N) is 1. The van der Waals surface area contributed by atoms with Crippen molar-refractivity contribution >= 4 is 47.1 Å². The molecular formula is C17H13ClN2O2. The summed E-state index contributed by atoms with van der Waals surface area (Å²) in [6, 6.07) is 12.5. The van der Waals surface area contributed by atoms with Crippen LogP contribution in [-0.4, -0.2) is 12.0 Å². The second-order valence-electron chi connectivity index (χ2n) is 4.54. The van der Waals surface area contributed by atoms with Crippen molar-refractivity contribution in [2.24, 2.45) is 4.99 Å². The van der Waals surface area contributed by atoms with Crippen LogP contribution in [0.5, 0.6) is 0 Å². The van der Waals surface area contributed by atoms with Crippen LogP contribution in [0, 0.1) is 0 Å². The van der Waals surface area contributed by atoms with Gasteiger partial charge in [0, 0.05) is 23.2 Å². The van der Waals surface area contributed by atoms with Crippen LogP contribution in [0.3, 0.4) is 0 Å². The van der Waals surface area contributed by atoms with Crippen LogP contribution < -0.4 is 5.32 Å². The van der Waals surface area contributed by atoms with Crippen LogP contribution in [0.15, 0.2) is 47.5 Å². The van der Waals surface area contributed by atoms with E-state index in [1.807, 2.05) is 24.3 Å². The maximum atomic E-state index is 11.1. The first-order valence-electron chi connectivity index (χ1n) is 6.51. The normalized spacial score (nSPS) is 10.3. The molecule has 0 saturated heterocycles. The van der Waals surface area contributed by atoms with E-state index in [0.717, 1.165) is 11.1 Å². The Morgan fingerprint density at radius 2 is 1.91 bits per heavy atom. The molecule has 1 N–H and O–H groups in total. The van der Waals surface area contributed by atoms with Gasteiger partial charge in [-0.1, -0.05) is 42.0 Å². The number of carbonyl (C=O) groups is 1. The van der Waals surface area contributed by atoms with Crippen LogP contribution in [-0.2, 0) is 9.59 Å². The molecule has 110 valence electrons. The number of rotatable bonds is 4. The van der Waals surface area contributed by atoms with Crippen molar-refractivity contribution in [1.82, 2.24) is 0 Å². The highest BCUT2D eigenvalue weighted by molar-refractivity contribution is 6.30. The van der Waals surface area contributed by atoms with Gasteiger partial charge in [0.1, 0.15) is 0 Å². The summed E-state index contributed by atoms with van der Waals surface area (Å²) in [5.74, 6) is -0.189. The minimum atomic E-state index is -0.189. The van der Waals surface area contributed by atoms with E-state index in [-0.39, 0.29) is 5.91 Å². The second kappa shape index (κ2) is 7.36. The van der Waals surface area contributed by atoms with Crippen molar-refractivity contribution in [3.05, 3.63) is 58.6 Å². The molecule has 0 fully saturated rings. The van der Waals surface area contributed by atoms with E-state index < -0.39 is 0 Å². The Morgan fingerprint density at radius 1 is 1.18 bits per heavy atom. The predicted molar refractivity (Wildman–Crippen MR) is 88.9 cm³/mol. The first-order valence-corrected chi connectivity index (χ1v) is 6.89. The van der Waals surface area contributed by atoms with Gasteiger partial charge in [0.25, 0.3) is 0 Å². The Balaban J connectivity index is 2.31. The Bertz CT molecular complexity index is 761. The topological polar surface area (TPSA) is 58.5 Å². The Kier molecular flexibility index (Phi) is 5.26. The van der Waals surface area contributed by atoms with Crippen LogP contribution >= 0.6 is 11.6 Å². The largest absolute Gasteiger partial charge is 0.326 e. The maximum Gasteiger partial charge on any atom is 0.240 e. The van der Waals surface area contributed by atoms with Crippen molar-refractivity contribution in [3.63, 3.8) is 0 Å². The lowest BCUT2D eigenvalue weighted by molar-refractivity contribution is -0.114. The monoisotopic (exact) mass is 312 g/mol. The third-order valence-corrected chi connectivity index (χ3v) is 3.09. The van der Waals surface area contributed by atoms with E-state index in [2.05, 4.69) is 10.3 Å². The summed E-state index contributed by atoms with van der Waals surface area (Å²) in [5.41, 5.74) is 2.72. The number of amides is 1. The molecule has 0 aliphatic rings. The summed E-state index contributed by atoms with van der Waals surface area (Å²) < 4.78 is 0. The van der Waals surface area contributed by atoms with Gasteiger partial charge in [0.15, 0.2) is 0 Å². The van der Waals surface area contributed by atoms with E-state index in [1.54, 1.807) is 30.3 Å². The number of nitrogens with zero attached hydrogens (tertiary/aromatic N) is 1. The molecule has 0 atom stereocenters. The SMILES string of the molecule is CC(=O)Nc1ccc(C=Cc2ccc(Cl)cc2)c(N=C=O)c1. The maximum absolute atomic E-state index is 11.1. The van der Waals surface area contributed by atoms with Gasteiger partial charge < -0.3 is 5.32 Å². The number of aliphatic imine (C=N–C) groups is 1. The Morgan fingerprint density at radius 3 is 2.55 bits per heavy atom. The van der Waals surface area contributed by atoms with Crippen molar-refractivity contribution < 1.29 is 9.59 Å². The average molecular weight is 313 g/mol. The zero-order valence-corrected chi connectivity index (χ0v) is 12.6. The highest BCUT2D eigenvalue weighted by Gasteiger charge is 2.02. The third-order valence-electron chi connectivity index (χ3n) is 2.84. The lowest BCUT2D eigenvalue weighted by Gasteiger charge is -2.05. The van der Waals surface area contributed by atoms with Crippen molar-refractivity contribution in [3.8, 4) is 0 Å². The fourth-order valence-corrected chi connectivity index (χ4v) is 2.00. The molecule has 0 radical (unpaired) electrons. The summed E-state index contributed by atoms with van der Waals surface area (Å²) in [6.45, 7) is 1.41. The van der Waals surface area contributed by atoms with E-state index >= 15 is 0 Å². The molecule has 0 heterocycles. The molecule has 0 saturated carbocycles. The second-order valence-corrected chi connectivity index (χ2v) is 4.98. The summed E-state index contributed by atoms with van der Waals surface area (Å²) in [6.07, 6.45) is 5.23. The lowest BCUT2D eigenvalue weighted by atomic mass is 10.1. The van der Waals surface area contributed by atoms with Gasteiger partial charge in [-0.2, -0.15) is 4.99 Å². The number of anilines is 1. The molecule has 0 aliphatic carbocycles. The first-order chi connectivity index (χ1) is 10.6. The van der Waals surface area contributed by atoms with E-state index in [9.17, 15) is 9.59 Å². The molecule has 0 bridgehead atoms. The highest BCUT2D eigenvalue weighted by Crippen LogP contribution is 2.25. The molecule has 1 amide bonds. The number of benzene rings is 2. The summed E-state index contributed by atoms with van der Waals surface area (Å²) in [4.78, 5) is 25.3. The van der Waals surface area contributed by atoms with E-state index in [4.69, 9.17) is 11.6 Å². The first kappa shape index (κ1) is 15.7. The molecular weight excluding hydrogens is 300 g/mol. The molecule has 2 rings (SSSR count). The fraction of sp³-hybridized carbons (Fsp3) is 0.0588. The molecule has 2 aromatic rings. The molecule has 0 aliphatic heterocycles. The van der Waals surface area contributed by atoms with Crippen LogP contribution in [0.4, 0.5) is 11.4 Å². The highest BCUT2D eigenvalue weighted by atomic mass is 35.5. The molecule has 0 aromatic heterocycles. The summed E-state index contributed by atoms with van der Waals surface area (Å²) in [7, 11) is 0. The number of hydrogen-bond acceptors (Lipinski definition) is 3. The number of carbonyl (C=O) groups excluding carboxylic acids is 2. The zero-order chi connectivity index (χ0) is 15.9. The van der Waals surface area contributed by atoms with Gasteiger partial charge in [0.05, 0.1) is 5.69 Å². The van der Waals surface area contributed by atoms with Crippen LogP contribution in [0.2, 0.25) is 5.02 Å². The minimum Gasteiger partial charge on any atom is -0.326 e. The van der Waals surface area contributed by atoms with Gasteiger partial charge in [0.2, 0.25) is 12.0 Å². The quantitative estimate of drug-likeness (QED) is 0.515. The average Bonchev–Trinajstić information content (AvgIpc) is 2.48. The Labute approximate surface area is 133 Å². The van der Waals surface area contributed by atoms with Crippen LogP contribution in [0.25, 0.3) is 12.2 Å². The molecule has 4 nitrogen and oxygen atoms in total. The smallest absolute Gasteiger partial charge is 0.240 e. The predicted octanol–water partition coefficient (Wildman–Crippen LogP) is 4.44. The molecule has 0 unspecified atom stereocenters. The lowest BCUT2D eigenvalue weighted by Crippen LogP contribution is -2.05. The van der Waals surface area contributed by atoms with E-state index in [1.165, 1.54) is 13.0 Å². The number of hydrogen-bond donors (Lipinski definition) is 1. The fourth-order valence-electron chi connectivity index (χ4n) is 1.87. The number of halogens is 1. The van der Waals surface area contributed by atoms with Gasteiger partial charge in [-0.25, -0.2) is 4.79 Å². The van der Waals surface area contributed by atoms with Crippen LogP contribution in [0.1, 0.15) is 18.1 Å². The van der Waals surface area contributed by atoms with Crippen molar-refractivity contribution in [2.45, 2.75) is 6.92 Å². The van der Waals surface area contributed by atoms with Crippen molar-refractivity contribution in [2.75, 3.05) is 5.32 Å². The van der Waals surface area contributed by atoms with Gasteiger partial charge in [-0.05, 0) is 29.8 Å². The van der Waals surface area contributed by atoms with Gasteiger partial charge in [-0.15, -0.1) is 0 Å². The molecule has 2 aromatic carbocycles. The number of isocyanates is 1. The third kappa shape index (κ3) is 4.42. The van der Waals surface area contributed by atoms with E-state index in [0.29, 0.717) is 16.4 Å². The van der Waals surface area contributed by atoms with Gasteiger partial charge >= 0.3 is 0 Å². The van der Waals surface area contributed by atoms with Gasteiger partial charge in [-0.3, -0.25) is 4.79 Å².